The summed E-state index contributed by atoms with van der Waals surface area (Å²) in [7, 11) is 0. The second kappa shape index (κ2) is 13.0. The minimum Gasteiger partial charge on any atom is -0.455 e. The first-order valence-corrected chi connectivity index (χ1v) is 19.8. The van der Waals surface area contributed by atoms with Crippen LogP contribution in [0.1, 0.15) is 25.0 Å². The molecule has 0 unspecified atom stereocenters. The van der Waals surface area contributed by atoms with Crippen LogP contribution in [-0.4, -0.2) is 0 Å². The predicted molar refractivity (Wildman–Crippen MR) is 240 cm³/mol. The van der Waals surface area contributed by atoms with Gasteiger partial charge in [-0.25, -0.2) is 0 Å². The second-order valence-electron chi connectivity index (χ2n) is 15.7. The largest absolute Gasteiger partial charge is 0.455 e. The molecule has 9 aromatic carbocycles. The molecule has 0 amide bonds. The van der Waals surface area contributed by atoms with Crippen molar-refractivity contribution in [3.05, 3.63) is 211 Å². The van der Waals surface area contributed by atoms with E-state index < -0.39 is 0 Å². The van der Waals surface area contributed by atoms with Gasteiger partial charge in [-0.15, -0.1) is 0 Å². The van der Waals surface area contributed by atoms with E-state index in [4.69, 9.17) is 4.42 Å². The summed E-state index contributed by atoms with van der Waals surface area (Å²) in [5, 5.41) is 4.48. The number of benzene rings is 9. The van der Waals surface area contributed by atoms with Crippen molar-refractivity contribution in [3.8, 4) is 44.5 Å². The van der Waals surface area contributed by atoms with Crippen LogP contribution in [0.15, 0.2) is 205 Å². The molecule has 0 radical (unpaired) electrons. The first kappa shape index (κ1) is 33.2. The highest BCUT2D eigenvalue weighted by atomic mass is 16.3. The highest BCUT2D eigenvalue weighted by Crippen LogP contribution is 2.52. The van der Waals surface area contributed by atoms with Crippen LogP contribution in [-0.2, 0) is 5.41 Å². The molecular weight excluding hydrogens is 691 g/mol. The summed E-state index contributed by atoms with van der Waals surface area (Å²) in [6, 6.07) is 72.6. The van der Waals surface area contributed by atoms with Crippen LogP contribution in [0.2, 0.25) is 0 Å². The van der Waals surface area contributed by atoms with Crippen molar-refractivity contribution < 1.29 is 4.42 Å². The number of nitrogens with zero attached hydrogens (tertiary/aromatic N) is 1. The Hall–Kier alpha value is -7.16. The lowest BCUT2D eigenvalue weighted by molar-refractivity contribution is 0.660. The third kappa shape index (κ3) is 5.33. The summed E-state index contributed by atoms with van der Waals surface area (Å²) in [5.41, 5.74) is 17.2. The molecule has 1 aliphatic rings. The number of furan rings is 1. The number of hydrogen-bond donors (Lipinski definition) is 0. The van der Waals surface area contributed by atoms with Gasteiger partial charge in [-0.1, -0.05) is 172 Å². The van der Waals surface area contributed by atoms with Crippen molar-refractivity contribution in [3.63, 3.8) is 0 Å². The van der Waals surface area contributed by atoms with Gasteiger partial charge in [0.1, 0.15) is 11.2 Å². The van der Waals surface area contributed by atoms with Crippen LogP contribution in [0.5, 0.6) is 0 Å². The van der Waals surface area contributed by atoms with Gasteiger partial charge in [0.15, 0.2) is 0 Å². The van der Waals surface area contributed by atoms with Crippen molar-refractivity contribution in [1.29, 1.82) is 0 Å². The average Bonchev–Trinajstić information content (AvgIpc) is 3.75. The third-order valence-corrected chi connectivity index (χ3v) is 12.1. The van der Waals surface area contributed by atoms with E-state index in [-0.39, 0.29) is 5.41 Å². The van der Waals surface area contributed by atoms with Crippen LogP contribution in [0, 0.1) is 0 Å². The summed E-state index contributed by atoms with van der Waals surface area (Å²) < 4.78 is 6.93. The molecule has 0 saturated carbocycles. The van der Waals surface area contributed by atoms with Gasteiger partial charge >= 0.3 is 0 Å². The molecule has 0 saturated heterocycles. The molecule has 1 aliphatic carbocycles. The number of rotatable bonds is 6. The molecule has 0 spiro atoms. The van der Waals surface area contributed by atoms with Gasteiger partial charge in [0, 0.05) is 38.5 Å². The summed E-state index contributed by atoms with van der Waals surface area (Å²) in [5.74, 6) is 0. The Bertz CT molecular complexity index is 3120. The zero-order chi connectivity index (χ0) is 38.1. The zero-order valence-electron chi connectivity index (χ0n) is 31.9. The Labute approximate surface area is 332 Å². The van der Waals surface area contributed by atoms with Gasteiger partial charge in [0.05, 0.1) is 5.69 Å². The fourth-order valence-corrected chi connectivity index (χ4v) is 9.21. The normalized spacial score (nSPS) is 12.9. The van der Waals surface area contributed by atoms with Crippen LogP contribution in [0.3, 0.4) is 0 Å². The Morgan fingerprint density at radius 3 is 1.65 bits per heavy atom. The average molecular weight is 730 g/mol. The standard InChI is InChI=1S/C55H39NO/c1-55(2)50-25-15-14-23-43(50)44-31-30-41(32-51(44)55)56(40-28-26-37(27-29-40)36-16-6-3-7-17-36)52-34-48-49-33-46(38-18-8-4-9-19-38)42-22-12-13-24-45(42)54(49)57-53(48)35-47(52)39-20-10-5-11-21-39/h3-35H,1-2H3. The Morgan fingerprint density at radius 1 is 0.368 bits per heavy atom. The van der Waals surface area contributed by atoms with Gasteiger partial charge in [0.2, 0.25) is 0 Å². The quantitative estimate of drug-likeness (QED) is 0.169. The lowest BCUT2D eigenvalue weighted by atomic mass is 9.82. The minimum atomic E-state index is -0.146. The van der Waals surface area contributed by atoms with Crippen LogP contribution < -0.4 is 4.90 Å². The lowest BCUT2D eigenvalue weighted by Gasteiger charge is -2.30. The number of hydrogen-bond acceptors (Lipinski definition) is 2. The monoisotopic (exact) mass is 729 g/mol. The van der Waals surface area contributed by atoms with Gasteiger partial charge in [-0.2, -0.15) is 0 Å². The summed E-state index contributed by atoms with van der Waals surface area (Å²) in [6.45, 7) is 4.71. The summed E-state index contributed by atoms with van der Waals surface area (Å²) in [6.07, 6.45) is 0. The molecule has 0 aliphatic heterocycles. The van der Waals surface area contributed by atoms with Gasteiger partial charge in [0.25, 0.3) is 0 Å². The Balaban J connectivity index is 1.20. The molecule has 2 heteroatoms. The predicted octanol–water partition coefficient (Wildman–Crippen LogP) is 15.5. The van der Waals surface area contributed by atoms with Crippen molar-refractivity contribution >= 4 is 49.8 Å². The molecule has 57 heavy (non-hydrogen) atoms. The highest BCUT2D eigenvalue weighted by Gasteiger charge is 2.36. The fraction of sp³-hybridized carbons (Fsp3) is 0.0545. The van der Waals surface area contributed by atoms with E-state index in [9.17, 15) is 0 Å². The van der Waals surface area contributed by atoms with Crippen LogP contribution >= 0.6 is 0 Å². The number of anilines is 3. The third-order valence-electron chi connectivity index (χ3n) is 12.1. The molecule has 10 aromatic rings. The molecule has 1 heterocycles. The van der Waals surface area contributed by atoms with Crippen molar-refractivity contribution in [2.75, 3.05) is 4.90 Å². The molecule has 0 fully saturated rings. The molecule has 0 atom stereocenters. The molecule has 11 rings (SSSR count). The molecular formula is C55H39NO. The second-order valence-corrected chi connectivity index (χ2v) is 15.7. The molecule has 2 nitrogen and oxygen atoms in total. The van der Waals surface area contributed by atoms with Gasteiger partial charge < -0.3 is 9.32 Å². The van der Waals surface area contributed by atoms with Gasteiger partial charge in [-0.05, 0) is 97.9 Å². The zero-order valence-corrected chi connectivity index (χ0v) is 31.9. The Kier molecular flexibility index (Phi) is 7.55. The molecule has 0 bridgehead atoms. The first-order valence-electron chi connectivity index (χ1n) is 19.8. The van der Waals surface area contributed by atoms with Crippen molar-refractivity contribution in [2.24, 2.45) is 0 Å². The highest BCUT2D eigenvalue weighted by molar-refractivity contribution is 6.20. The van der Waals surface area contributed by atoms with E-state index in [2.05, 4.69) is 219 Å². The molecule has 0 N–H and O–H groups in total. The fourth-order valence-electron chi connectivity index (χ4n) is 9.21. The summed E-state index contributed by atoms with van der Waals surface area (Å²) >= 11 is 0. The lowest BCUT2D eigenvalue weighted by Crippen LogP contribution is -2.17. The smallest absolute Gasteiger partial charge is 0.143 e. The number of fused-ring (bicyclic) bond motifs is 8. The SMILES string of the molecule is CC1(C)c2ccccc2-c2ccc(N(c3ccc(-c4ccccc4)cc3)c3cc4c(cc3-c3ccccc3)oc3c5ccccc5c(-c5ccccc5)cc43)cc21. The van der Waals surface area contributed by atoms with Crippen LogP contribution in [0.25, 0.3) is 77.2 Å². The minimum absolute atomic E-state index is 0.146. The topological polar surface area (TPSA) is 16.4 Å². The van der Waals surface area contributed by atoms with E-state index in [0.29, 0.717) is 0 Å². The van der Waals surface area contributed by atoms with Crippen molar-refractivity contribution in [2.45, 2.75) is 19.3 Å². The molecule has 1 aromatic heterocycles. The Morgan fingerprint density at radius 2 is 0.930 bits per heavy atom. The maximum Gasteiger partial charge on any atom is 0.143 e. The van der Waals surface area contributed by atoms with E-state index in [1.165, 1.54) is 49.9 Å². The van der Waals surface area contributed by atoms with E-state index >= 15 is 0 Å². The van der Waals surface area contributed by atoms with E-state index in [0.717, 1.165) is 55.5 Å². The maximum absolute atomic E-state index is 6.93. The van der Waals surface area contributed by atoms with E-state index in [1.807, 2.05) is 0 Å². The molecule has 270 valence electrons. The van der Waals surface area contributed by atoms with Crippen LogP contribution in [0.4, 0.5) is 17.1 Å². The van der Waals surface area contributed by atoms with Gasteiger partial charge in [-0.3, -0.25) is 0 Å². The van der Waals surface area contributed by atoms with Crippen molar-refractivity contribution in [1.82, 2.24) is 0 Å². The van der Waals surface area contributed by atoms with E-state index in [1.54, 1.807) is 0 Å². The first-order chi connectivity index (χ1) is 28.0. The maximum atomic E-state index is 6.93. The summed E-state index contributed by atoms with van der Waals surface area (Å²) in [4.78, 5) is 2.45.